The van der Waals surface area contributed by atoms with Gasteiger partial charge in [0, 0.05) is 29.7 Å². The van der Waals surface area contributed by atoms with Gasteiger partial charge in [-0.05, 0) is 19.1 Å². The zero-order valence-corrected chi connectivity index (χ0v) is 8.92. The Labute approximate surface area is 93.3 Å². The van der Waals surface area contributed by atoms with Gasteiger partial charge >= 0.3 is 0 Å². The zero-order chi connectivity index (χ0) is 11.4. The van der Waals surface area contributed by atoms with Gasteiger partial charge in [-0.15, -0.1) is 0 Å². The Balaban J connectivity index is 2.42. The molecule has 5 heteroatoms. The van der Waals surface area contributed by atoms with Crippen molar-refractivity contribution < 1.29 is 4.74 Å². The molecule has 82 valence electrons. The predicted octanol–water partition coefficient (Wildman–Crippen LogP) is 1.52. The van der Waals surface area contributed by atoms with Crippen LogP contribution in [0.2, 0.25) is 0 Å². The highest BCUT2D eigenvalue weighted by atomic mass is 16.5. The van der Waals surface area contributed by atoms with Crippen molar-refractivity contribution in [2.24, 2.45) is 0 Å². The topological polar surface area (TPSA) is 73.9 Å². The fraction of sp³-hybridized carbons (Fsp3) is 0.182. The van der Waals surface area contributed by atoms with E-state index in [0.717, 1.165) is 11.1 Å². The summed E-state index contributed by atoms with van der Waals surface area (Å²) in [5, 5.41) is 0. The Morgan fingerprint density at radius 1 is 1.25 bits per heavy atom. The van der Waals surface area contributed by atoms with E-state index in [1.165, 1.54) is 0 Å². The normalized spacial score (nSPS) is 10.1. The van der Waals surface area contributed by atoms with Gasteiger partial charge in [-0.2, -0.15) is 0 Å². The largest absolute Gasteiger partial charge is 0.478 e. The molecule has 0 bridgehead atoms. The number of hydrogen-bond donors (Lipinski definition) is 1. The molecule has 0 unspecified atom stereocenters. The van der Waals surface area contributed by atoms with Gasteiger partial charge in [-0.3, -0.25) is 0 Å². The number of nitrogen functional groups attached to an aromatic ring is 1. The fourth-order valence-electron chi connectivity index (χ4n) is 1.34. The van der Waals surface area contributed by atoms with E-state index in [4.69, 9.17) is 10.5 Å². The Morgan fingerprint density at radius 3 is 2.69 bits per heavy atom. The van der Waals surface area contributed by atoms with Gasteiger partial charge in [-0.25, -0.2) is 15.0 Å². The molecule has 0 aliphatic rings. The van der Waals surface area contributed by atoms with Crippen LogP contribution in [0.1, 0.15) is 6.92 Å². The van der Waals surface area contributed by atoms with Crippen molar-refractivity contribution in [3.63, 3.8) is 0 Å². The van der Waals surface area contributed by atoms with Crippen molar-refractivity contribution in [1.29, 1.82) is 0 Å². The van der Waals surface area contributed by atoms with Crippen LogP contribution >= 0.6 is 0 Å². The molecule has 2 aromatic heterocycles. The van der Waals surface area contributed by atoms with Crippen LogP contribution in [0.5, 0.6) is 5.88 Å². The Kier molecular flexibility index (Phi) is 2.95. The fourth-order valence-corrected chi connectivity index (χ4v) is 1.34. The molecule has 2 N–H and O–H groups in total. The maximum atomic E-state index is 5.43. The van der Waals surface area contributed by atoms with Crippen molar-refractivity contribution >= 4 is 5.95 Å². The molecule has 0 saturated carbocycles. The lowest BCUT2D eigenvalue weighted by atomic mass is 10.1. The van der Waals surface area contributed by atoms with Crippen LogP contribution in [-0.4, -0.2) is 21.6 Å². The predicted molar refractivity (Wildman–Crippen MR) is 60.8 cm³/mol. The lowest BCUT2D eigenvalue weighted by molar-refractivity contribution is 0.328. The van der Waals surface area contributed by atoms with Gasteiger partial charge in [0.2, 0.25) is 11.8 Å². The number of pyridine rings is 1. The highest BCUT2D eigenvalue weighted by Gasteiger charge is 2.07. The molecule has 0 spiro atoms. The molecule has 0 radical (unpaired) electrons. The van der Waals surface area contributed by atoms with E-state index in [-0.39, 0.29) is 5.95 Å². The van der Waals surface area contributed by atoms with E-state index in [2.05, 4.69) is 15.0 Å². The van der Waals surface area contributed by atoms with Crippen LogP contribution in [0.25, 0.3) is 11.1 Å². The Hall–Kier alpha value is -2.17. The quantitative estimate of drug-likeness (QED) is 0.841. The summed E-state index contributed by atoms with van der Waals surface area (Å²) < 4.78 is 5.42. The van der Waals surface area contributed by atoms with Gasteiger partial charge in [0.1, 0.15) is 0 Å². The third-order valence-electron chi connectivity index (χ3n) is 2.04. The first-order valence-corrected chi connectivity index (χ1v) is 4.97. The molecule has 0 amide bonds. The van der Waals surface area contributed by atoms with E-state index < -0.39 is 0 Å². The monoisotopic (exact) mass is 216 g/mol. The molecule has 2 aromatic rings. The number of ether oxygens (including phenoxy) is 1. The summed E-state index contributed by atoms with van der Waals surface area (Å²) in [5.41, 5.74) is 7.14. The molecule has 0 aliphatic carbocycles. The molecule has 16 heavy (non-hydrogen) atoms. The maximum absolute atomic E-state index is 5.43. The van der Waals surface area contributed by atoms with Crippen LogP contribution < -0.4 is 10.5 Å². The molecule has 0 saturated heterocycles. The van der Waals surface area contributed by atoms with Crippen LogP contribution in [0, 0.1) is 0 Å². The molecule has 0 atom stereocenters. The average molecular weight is 216 g/mol. The van der Waals surface area contributed by atoms with E-state index in [9.17, 15) is 0 Å². The highest BCUT2D eigenvalue weighted by Crippen LogP contribution is 2.26. The smallest absolute Gasteiger partial charge is 0.221 e. The van der Waals surface area contributed by atoms with Gasteiger partial charge in [0.15, 0.2) is 0 Å². The summed E-state index contributed by atoms with van der Waals surface area (Å²) in [5.74, 6) is 0.837. The first-order valence-electron chi connectivity index (χ1n) is 4.97. The van der Waals surface area contributed by atoms with Crippen LogP contribution in [0.15, 0.2) is 30.7 Å². The van der Waals surface area contributed by atoms with Crippen molar-refractivity contribution in [2.45, 2.75) is 6.92 Å². The first-order chi connectivity index (χ1) is 7.81. The van der Waals surface area contributed by atoms with Gasteiger partial charge in [-0.1, -0.05) is 0 Å². The summed E-state index contributed by atoms with van der Waals surface area (Å²) in [6.45, 7) is 2.48. The third-order valence-corrected chi connectivity index (χ3v) is 2.04. The highest BCUT2D eigenvalue weighted by molar-refractivity contribution is 5.67. The summed E-state index contributed by atoms with van der Waals surface area (Å²) in [4.78, 5) is 12.0. The minimum absolute atomic E-state index is 0.255. The number of nitrogens with zero attached hydrogens (tertiary/aromatic N) is 3. The number of aromatic nitrogens is 3. The average Bonchev–Trinajstić information content (AvgIpc) is 2.32. The minimum atomic E-state index is 0.255. The Bertz CT molecular complexity index is 470. The summed E-state index contributed by atoms with van der Waals surface area (Å²) in [6, 6.07) is 3.75. The molecule has 0 aliphatic heterocycles. The van der Waals surface area contributed by atoms with E-state index >= 15 is 0 Å². The third kappa shape index (κ3) is 2.08. The summed E-state index contributed by atoms with van der Waals surface area (Å²) in [6.07, 6.45) is 5.00. The van der Waals surface area contributed by atoms with Crippen LogP contribution in [-0.2, 0) is 0 Å². The molecule has 0 fully saturated rings. The van der Waals surface area contributed by atoms with Crippen molar-refractivity contribution in [1.82, 2.24) is 15.0 Å². The van der Waals surface area contributed by atoms with E-state index in [1.54, 1.807) is 18.6 Å². The Morgan fingerprint density at radius 2 is 2.00 bits per heavy atom. The molecule has 2 rings (SSSR count). The standard InChI is InChI=1S/C11H12N4O/c1-2-16-10-9(4-3-5-13-10)8-6-14-11(12)15-7-8/h3-7H,2H2,1H3,(H2,12,14,15). The molecule has 5 nitrogen and oxygen atoms in total. The zero-order valence-electron chi connectivity index (χ0n) is 8.92. The number of anilines is 1. The number of rotatable bonds is 3. The second kappa shape index (κ2) is 4.57. The van der Waals surface area contributed by atoms with Gasteiger partial charge < -0.3 is 10.5 Å². The van der Waals surface area contributed by atoms with E-state index in [1.807, 2.05) is 19.1 Å². The van der Waals surface area contributed by atoms with Gasteiger partial charge in [0.25, 0.3) is 0 Å². The summed E-state index contributed by atoms with van der Waals surface area (Å²) in [7, 11) is 0. The van der Waals surface area contributed by atoms with Gasteiger partial charge in [0.05, 0.1) is 6.61 Å². The summed E-state index contributed by atoms with van der Waals surface area (Å²) >= 11 is 0. The molecular formula is C11H12N4O. The molecule has 0 aromatic carbocycles. The van der Waals surface area contributed by atoms with Crippen molar-refractivity contribution in [3.05, 3.63) is 30.7 Å². The van der Waals surface area contributed by atoms with Crippen LogP contribution in [0.4, 0.5) is 5.95 Å². The SMILES string of the molecule is CCOc1ncccc1-c1cnc(N)nc1. The molecular weight excluding hydrogens is 204 g/mol. The van der Waals surface area contributed by atoms with Crippen molar-refractivity contribution in [2.75, 3.05) is 12.3 Å². The maximum Gasteiger partial charge on any atom is 0.221 e. The molecule has 2 heterocycles. The van der Waals surface area contributed by atoms with Crippen molar-refractivity contribution in [3.8, 4) is 17.0 Å². The number of nitrogens with two attached hydrogens (primary N) is 1. The second-order valence-electron chi connectivity index (χ2n) is 3.12. The lowest BCUT2D eigenvalue weighted by Gasteiger charge is -2.07. The minimum Gasteiger partial charge on any atom is -0.478 e. The number of hydrogen-bond acceptors (Lipinski definition) is 5. The van der Waals surface area contributed by atoms with E-state index in [0.29, 0.717) is 12.5 Å². The lowest BCUT2D eigenvalue weighted by Crippen LogP contribution is -1.98. The second-order valence-corrected chi connectivity index (χ2v) is 3.12. The van der Waals surface area contributed by atoms with Crippen LogP contribution in [0.3, 0.4) is 0 Å². The first kappa shape index (κ1) is 10.4.